The third kappa shape index (κ3) is 2.68. The highest BCUT2D eigenvalue weighted by molar-refractivity contribution is 5.64. The number of benzene rings is 1. The van der Waals surface area contributed by atoms with Gasteiger partial charge in [0.15, 0.2) is 5.82 Å². The maximum atomic E-state index is 11.1. The number of hydrogen-bond donors (Lipinski definition) is 1. The number of nitro benzene ring substituents is 1. The first kappa shape index (κ1) is 13.8. The van der Waals surface area contributed by atoms with Gasteiger partial charge in [-0.3, -0.25) is 10.1 Å². The Morgan fingerprint density at radius 2 is 2.25 bits per heavy atom. The number of aryl methyl sites for hydroxylation is 1. The molecule has 106 valence electrons. The van der Waals surface area contributed by atoms with Gasteiger partial charge in [-0.2, -0.15) is 0 Å². The molecule has 1 aromatic heterocycles. The van der Waals surface area contributed by atoms with Crippen LogP contribution in [-0.2, 0) is 7.05 Å². The molecule has 20 heavy (non-hydrogen) atoms. The summed E-state index contributed by atoms with van der Waals surface area (Å²) in [5.41, 5.74) is 0.365. The van der Waals surface area contributed by atoms with Crippen molar-refractivity contribution in [2.45, 2.75) is 13.0 Å². The first-order valence-corrected chi connectivity index (χ1v) is 5.95. The van der Waals surface area contributed by atoms with Crippen LogP contribution in [0.4, 0.5) is 11.4 Å². The van der Waals surface area contributed by atoms with E-state index in [1.165, 1.54) is 13.2 Å². The Bertz CT molecular complexity index is 625. The van der Waals surface area contributed by atoms with Crippen LogP contribution in [0.2, 0.25) is 0 Å². The number of aromatic nitrogens is 3. The predicted molar refractivity (Wildman–Crippen MR) is 72.7 cm³/mol. The number of ether oxygens (including phenoxy) is 1. The van der Waals surface area contributed by atoms with Gasteiger partial charge in [-0.1, -0.05) is 0 Å². The van der Waals surface area contributed by atoms with Gasteiger partial charge >= 0.3 is 0 Å². The van der Waals surface area contributed by atoms with Crippen LogP contribution in [0, 0.1) is 10.1 Å². The van der Waals surface area contributed by atoms with Crippen LogP contribution in [0.15, 0.2) is 24.5 Å². The number of methoxy groups -OCH3 is 1. The first-order chi connectivity index (χ1) is 9.52. The standard InChI is InChI=1S/C12H15N5O3/c1-8(12-15-13-7-16(12)2)14-10-5-4-9(20-3)6-11(10)17(18)19/h4-8,14H,1-3H3. The molecule has 0 bridgehead atoms. The lowest BCUT2D eigenvalue weighted by molar-refractivity contribution is -0.384. The van der Waals surface area contributed by atoms with E-state index in [9.17, 15) is 10.1 Å². The van der Waals surface area contributed by atoms with Gasteiger partial charge in [-0.15, -0.1) is 10.2 Å². The summed E-state index contributed by atoms with van der Waals surface area (Å²) in [5.74, 6) is 1.13. The number of nitrogens with zero attached hydrogens (tertiary/aromatic N) is 4. The maximum absolute atomic E-state index is 11.1. The molecule has 0 amide bonds. The van der Waals surface area contributed by atoms with Crippen molar-refractivity contribution in [1.82, 2.24) is 14.8 Å². The molecule has 1 heterocycles. The summed E-state index contributed by atoms with van der Waals surface area (Å²) in [5, 5.41) is 21.9. The summed E-state index contributed by atoms with van der Waals surface area (Å²) in [6.07, 6.45) is 1.58. The lowest BCUT2D eigenvalue weighted by atomic mass is 10.2. The van der Waals surface area contributed by atoms with Crippen molar-refractivity contribution >= 4 is 11.4 Å². The van der Waals surface area contributed by atoms with Crippen LogP contribution in [0.1, 0.15) is 18.8 Å². The molecule has 0 radical (unpaired) electrons. The van der Waals surface area contributed by atoms with Crippen molar-refractivity contribution in [3.63, 3.8) is 0 Å². The van der Waals surface area contributed by atoms with Crippen LogP contribution in [0.3, 0.4) is 0 Å². The lowest BCUT2D eigenvalue weighted by Gasteiger charge is -2.14. The molecular formula is C12H15N5O3. The zero-order valence-electron chi connectivity index (χ0n) is 11.4. The number of nitro groups is 1. The summed E-state index contributed by atoms with van der Waals surface area (Å²) in [4.78, 5) is 10.7. The average molecular weight is 277 g/mol. The van der Waals surface area contributed by atoms with E-state index in [0.29, 0.717) is 17.3 Å². The Hall–Kier alpha value is -2.64. The maximum Gasteiger partial charge on any atom is 0.296 e. The van der Waals surface area contributed by atoms with E-state index in [2.05, 4.69) is 15.5 Å². The second-order valence-electron chi connectivity index (χ2n) is 4.31. The molecule has 0 aliphatic rings. The fourth-order valence-corrected chi connectivity index (χ4v) is 1.89. The minimum Gasteiger partial charge on any atom is -0.496 e. The lowest BCUT2D eigenvalue weighted by Crippen LogP contribution is -2.13. The molecule has 1 atom stereocenters. The number of rotatable bonds is 5. The highest BCUT2D eigenvalue weighted by Gasteiger charge is 2.19. The average Bonchev–Trinajstić information content (AvgIpc) is 2.85. The molecule has 8 nitrogen and oxygen atoms in total. The zero-order chi connectivity index (χ0) is 14.7. The third-order valence-electron chi connectivity index (χ3n) is 2.91. The largest absolute Gasteiger partial charge is 0.496 e. The molecule has 2 rings (SSSR count). The van der Waals surface area contributed by atoms with Gasteiger partial charge in [0, 0.05) is 7.05 Å². The molecule has 0 saturated carbocycles. The Labute approximate surface area is 115 Å². The minimum absolute atomic E-state index is 0.0432. The molecule has 0 saturated heterocycles. The molecule has 1 aromatic carbocycles. The van der Waals surface area contributed by atoms with Crippen LogP contribution in [-0.4, -0.2) is 26.8 Å². The van der Waals surface area contributed by atoms with Gasteiger partial charge in [0.05, 0.1) is 24.1 Å². The Morgan fingerprint density at radius 1 is 1.50 bits per heavy atom. The highest BCUT2D eigenvalue weighted by Crippen LogP contribution is 2.31. The zero-order valence-corrected chi connectivity index (χ0v) is 11.4. The summed E-state index contributed by atoms with van der Waals surface area (Å²) >= 11 is 0. The SMILES string of the molecule is COc1ccc(NC(C)c2nncn2C)c([N+](=O)[O-])c1. The van der Waals surface area contributed by atoms with Crippen LogP contribution < -0.4 is 10.1 Å². The van der Waals surface area contributed by atoms with E-state index in [0.717, 1.165) is 0 Å². The van der Waals surface area contributed by atoms with Crippen molar-refractivity contribution in [3.05, 3.63) is 40.5 Å². The smallest absolute Gasteiger partial charge is 0.296 e. The fourth-order valence-electron chi connectivity index (χ4n) is 1.89. The van der Waals surface area contributed by atoms with Crippen molar-refractivity contribution in [2.75, 3.05) is 12.4 Å². The van der Waals surface area contributed by atoms with Gasteiger partial charge in [-0.05, 0) is 19.1 Å². The molecule has 0 fully saturated rings. The molecular weight excluding hydrogens is 262 g/mol. The molecule has 0 spiro atoms. The second kappa shape index (κ2) is 5.55. The van der Waals surface area contributed by atoms with E-state index in [1.807, 2.05) is 14.0 Å². The molecule has 1 N–H and O–H groups in total. The minimum atomic E-state index is -0.450. The van der Waals surface area contributed by atoms with Crippen LogP contribution in [0.5, 0.6) is 5.75 Å². The van der Waals surface area contributed by atoms with E-state index in [-0.39, 0.29) is 11.7 Å². The van der Waals surface area contributed by atoms with Crippen molar-refractivity contribution in [1.29, 1.82) is 0 Å². The Morgan fingerprint density at radius 3 is 2.80 bits per heavy atom. The molecule has 8 heteroatoms. The monoisotopic (exact) mass is 277 g/mol. The van der Waals surface area contributed by atoms with Crippen molar-refractivity contribution in [2.24, 2.45) is 7.05 Å². The second-order valence-corrected chi connectivity index (χ2v) is 4.31. The highest BCUT2D eigenvalue weighted by atomic mass is 16.6. The van der Waals surface area contributed by atoms with Gasteiger partial charge in [-0.25, -0.2) is 0 Å². The molecule has 0 aliphatic carbocycles. The Balaban J connectivity index is 2.29. The normalized spacial score (nSPS) is 11.9. The molecule has 0 aliphatic heterocycles. The van der Waals surface area contributed by atoms with Crippen LogP contribution >= 0.6 is 0 Å². The Kier molecular flexibility index (Phi) is 3.83. The van der Waals surface area contributed by atoms with Gasteiger partial charge in [0.25, 0.3) is 5.69 Å². The van der Waals surface area contributed by atoms with Gasteiger partial charge < -0.3 is 14.6 Å². The quantitative estimate of drug-likeness (QED) is 0.662. The molecule has 1 unspecified atom stereocenters. The van der Waals surface area contributed by atoms with Crippen molar-refractivity contribution in [3.8, 4) is 5.75 Å². The number of nitrogens with one attached hydrogen (secondary N) is 1. The fraction of sp³-hybridized carbons (Fsp3) is 0.333. The summed E-state index contributed by atoms with van der Waals surface area (Å²) in [7, 11) is 3.28. The topological polar surface area (TPSA) is 95.1 Å². The van der Waals surface area contributed by atoms with E-state index in [4.69, 9.17) is 4.74 Å². The van der Waals surface area contributed by atoms with E-state index >= 15 is 0 Å². The number of anilines is 1. The third-order valence-corrected chi connectivity index (χ3v) is 2.91. The van der Waals surface area contributed by atoms with Crippen molar-refractivity contribution < 1.29 is 9.66 Å². The summed E-state index contributed by atoms with van der Waals surface area (Å²) in [6, 6.07) is 4.45. The van der Waals surface area contributed by atoms with E-state index in [1.54, 1.807) is 23.0 Å². The van der Waals surface area contributed by atoms with Crippen LogP contribution in [0.25, 0.3) is 0 Å². The summed E-state index contributed by atoms with van der Waals surface area (Å²) in [6.45, 7) is 1.86. The molecule has 2 aromatic rings. The first-order valence-electron chi connectivity index (χ1n) is 5.95. The van der Waals surface area contributed by atoms with E-state index < -0.39 is 4.92 Å². The van der Waals surface area contributed by atoms with Gasteiger partial charge in [0.1, 0.15) is 17.8 Å². The van der Waals surface area contributed by atoms with Gasteiger partial charge in [0.2, 0.25) is 0 Å². The summed E-state index contributed by atoms with van der Waals surface area (Å²) < 4.78 is 6.75. The predicted octanol–water partition coefficient (Wildman–Crippen LogP) is 1.90. The number of hydrogen-bond acceptors (Lipinski definition) is 6.